The molecule has 4 nitrogen and oxygen atoms in total. The van der Waals surface area contributed by atoms with Crippen LogP contribution in [0, 0.1) is 6.92 Å². The first-order valence-electron chi connectivity index (χ1n) is 4.06. The molecule has 1 aromatic carbocycles. The van der Waals surface area contributed by atoms with Crippen molar-refractivity contribution >= 4 is 22.6 Å². The van der Waals surface area contributed by atoms with E-state index in [4.69, 9.17) is 11.6 Å². The van der Waals surface area contributed by atoms with Gasteiger partial charge in [0.2, 0.25) is 0 Å². The monoisotopic (exact) mass is 212 g/mol. The number of hydrogen-bond donors (Lipinski definition) is 2. The highest BCUT2D eigenvalue weighted by molar-refractivity contribution is 6.36. The summed E-state index contributed by atoms with van der Waals surface area (Å²) in [7, 11) is 1.82. The maximum absolute atomic E-state index is 9.37. The zero-order valence-corrected chi connectivity index (χ0v) is 8.50. The maximum atomic E-state index is 9.37. The maximum Gasteiger partial charge on any atom is 0.178 e. The van der Waals surface area contributed by atoms with Crippen LogP contribution < -0.4 is 0 Å². The molecule has 0 fully saturated rings. The molecule has 1 heterocycles. The largest absolute Gasteiger partial charge is 0.504 e. The fourth-order valence-corrected chi connectivity index (χ4v) is 1.61. The Labute approximate surface area is 85.4 Å². The van der Waals surface area contributed by atoms with Crippen molar-refractivity contribution in [3.63, 3.8) is 0 Å². The number of hydrogen-bond acceptors (Lipinski definition) is 3. The highest BCUT2D eigenvalue weighted by Crippen LogP contribution is 2.38. The van der Waals surface area contributed by atoms with Gasteiger partial charge in [0.15, 0.2) is 11.5 Å². The highest BCUT2D eigenvalue weighted by Gasteiger charge is 2.14. The van der Waals surface area contributed by atoms with Crippen molar-refractivity contribution in [2.24, 2.45) is 7.05 Å². The Kier molecular flexibility index (Phi) is 1.82. The van der Waals surface area contributed by atoms with Crippen LogP contribution in [0.15, 0.2) is 6.07 Å². The minimum Gasteiger partial charge on any atom is -0.504 e. The van der Waals surface area contributed by atoms with Crippen LogP contribution in [0.25, 0.3) is 11.0 Å². The van der Waals surface area contributed by atoms with Crippen molar-refractivity contribution < 1.29 is 10.2 Å². The number of aromatic nitrogens is 2. The minimum absolute atomic E-state index is 0.0868. The second-order valence-corrected chi connectivity index (χ2v) is 3.52. The lowest BCUT2D eigenvalue weighted by Crippen LogP contribution is -1.89. The van der Waals surface area contributed by atoms with Crippen LogP contribution in [0.5, 0.6) is 11.5 Å². The van der Waals surface area contributed by atoms with Gasteiger partial charge in [-0.3, -0.25) is 0 Å². The standard InChI is InChI=1S/C9H9ClN2O2/c1-4-11-8-5(12(4)2)3-6(13)9(14)7(8)10/h3,13-14H,1-2H3. The van der Waals surface area contributed by atoms with Gasteiger partial charge in [-0.2, -0.15) is 0 Å². The Hall–Kier alpha value is -1.42. The molecule has 74 valence electrons. The number of benzene rings is 1. The third kappa shape index (κ3) is 1.04. The third-order valence-corrected chi connectivity index (χ3v) is 2.65. The molecule has 0 spiro atoms. The lowest BCUT2D eigenvalue weighted by atomic mass is 10.2. The molecule has 1 aromatic heterocycles. The van der Waals surface area contributed by atoms with Gasteiger partial charge < -0.3 is 14.8 Å². The normalized spacial score (nSPS) is 11.1. The molecule has 0 saturated heterocycles. The summed E-state index contributed by atoms with van der Waals surface area (Å²) in [5.74, 6) is 0.217. The van der Waals surface area contributed by atoms with Gasteiger partial charge in [0, 0.05) is 13.1 Å². The van der Waals surface area contributed by atoms with Crippen molar-refractivity contribution in [3.8, 4) is 11.5 Å². The Bertz CT molecular complexity index is 519. The van der Waals surface area contributed by atoms with E-state index in [9.17, 15) is 10.2 Å². The van der Waals surface area contributed by atoms with Crippen molar-refractivity contribution in [1.82, 2.24) is 9.55 Å². The molecule has 2 rings (SSSR count). The fraction of sp³-hybridized carbons (Fsp3) is 0.222. The number of aromatic hydroxyl groups is 2. The summed E-state index contributed by atoms with van der Waals surface area (Å²) in [6.07, 6.45) is 0. The van der Waals surface area contributed by atoms with E-state index in [1.165, 1.54) is 6.07 Å². The van der Waals surface area contributed by atoms with E-state index < -0.39 is 0 Å². The van der Waals surface area contributed by atoms with Crippen LogP contribution in [0.4, 0.5) is 0 Å². The molecule has 14 heavy (non-hydrogen) atoms. The zero-order valence-electron chi connectivity index (χ0n) is 7.74. The van der Waals surface area contributed by atoms with Gasteiger partial charge in [-0.25, -0.2) is 4.98 Å². The predicted molar refractivity (Wildman–Crippen MR) is 53.8 cm³/mol. The van der Waals surface area contributed by atoms with Gasteiger partial charge in [-0.1, -0.05) is 11.6 Å². The van der Waals surface area contributed by atoms with Gasteiger partial charge in [0.1, 0.15) is 16.4 Å². The fourth-order valence-electron chi connectivity index (χ4n) is 1.38. The lowest BCUT2D eigenvalue weighted by molar-refractivity contribution is 0.405. The summed E-state index contributed by atoms with van der Waals surface area (Å²) >= 11 is 5.83. The number of aryl methyl sites for hydroxylation is 2. The molecule has 0 radical (unpaired) electrons. The van der Waals surface area contributed by atoms with Gasteiger partial charge >= 0.3 is 0 Å². The van der Waals surface area contributed by atoms with Crippen molar-refractivity contribution in [3.05, 3.63) is 16.9 Å². The number of phenolic OH excluding ortho intramolecular Hbond substituents is 2. The van der Waals surface area contributed by atoms with Crippen molar-refractivity contribution in [1.29, 1.82) is 0 Å². The van der Waals surface area contributed by atoms with Crippen LogP contribution in [-0.4, -0.2) is 19.8 Å². The highest BCUT2D eigenvalue weighted by atomic mass is 35.5. The van der Waals surface area contributed by atoms with Crippen LogP contribution in [0.2, 0.25) is 5.02 Å². The molecule has 0 aliphatic rings. The van der Waals surface area contributed by atoms with Gasteiger partial charge in [-0.15, -0.1) is 0 Å². The average molecular weight is 213 g/mol. The predicted octanol–water partition coefficient (Wildman–Crippen LogP) is 1.95. The number of rotatable bonds is 0. The number of imidazole rings is 1. The molecule has 0 aliphatic heterocycles. The Morgan fingerprint density at radius 3 is 2.71 bits per heavy atom. The molecule has 2 aromatic rings. The van der Waals surface area contributed by atoms with Crippen LogP contribution in [0.3, 0.4) is 0 Å². The van der Waals surface area contributed by atoms with E-state index in [1.54, 1.807) is 4.57 Å². The molecule has 0 saturated carbocycles. The third-order valence-electron chi connectivity index (χ3n) is 2.29. The van der Waals surface area contributed by atoms with Gasteiger partial charge in [0.05, 0.1) is 5.52 Å². The molecule has 0 atom stereocenters. The first-order chi connectivity index (χ1) is 6.52. The number of halogens is 1. The quantitative estimate of drug-likeness (QED) is 0.657. The Morgan fingerprint density at radius 1 is 1.43 bits per heavy atom. The van der Waals surface area contributed by atoms with E-state index in [0.717, 1.165) is 5.82 Å². The molecule has 0 unspecified atom stereocenters. The van der Waals surface area contributed by atoms with E-state index in [-0.39, 0.29) is 16.5 Å². The van der Waals surface area contributed by atoms with Crippen molar-refractivity contribution in [2.75, 3.05) is 0 Å². The minimum atomic E-state index is -0.322. The molecule has 2 N–H and O–H groups in total. The summed E-state index contributed by atoms with van der Waals surface area (Å²) in [4.78, 5) is 4.17. The summed E-state index contributed by atoms with van der Waals surface area (Å²) in [6.45, 7) is 1.82. The smallest absolute Gasteiger partial charge is 0.178 e. The molecule has 0 bridgehead atoms. The lowest BCUT2D eigenvalue weighted by Gasteiger charge is -2.01. The van der Waals surface area contributed by atoms with Gasteiger partial charge in [0.25, 0.3) is 0 Å². The Balaban J connectivity index is 2.98. The second kappa shape index (κ2) is 2.78. The van der Waals surface area contributed by atoms with Crippen LogP contribution in [-0.2, 0) is 7.05 Å². The molecular formula is C9H9ClN2O2. The number of fused-ring (bicyclic) bond motifs is 1. The molecule has 0 aliphatic carbocycles. The number of phenols is 2. The SMILES string of the molecule is Cc1nc2c(Cl)c(O)c(O)cc2n1C. The van der Waals surface area contributed by atoms with E-state index >= 15 is 0 Å². The Morgan fingerprint density at radius 2 is 2.07 bits per heavy atom. The summed E-state index contributed by atoms with van der Waals surface area (Å²) < 4.78 is 1.79. The first kappa shape index (κ1) is 9.15. The van der Waals surface area contributed by atoms with E-state index in [1.807, 2.05) is 14.0 Å². The summed E-state index contributed by atoms with van der Waals surface area (Å²) in [5, 5.41) is 18.8. The zero-order chi connectivity index (χ0) is 10.5. The van der Waals surface area contributed by atoms with E-state index in [0.29, 0.717) is 11.0 Å². The average Bonchev–Trinajstić information content (AvgIpc) is 2.42. The first-order valence-corrected chi connectivity index (χ1v) is 4.43. The second-order valence-electron chi connectivity index (χ2n) is 3.14. The summed E-state index contributed by atoms with van der Waals surface area (Å²) in [6, 6.07) is 1.44. The van der Waals surface area contributed by atoms with Gasteiger partial charge in [-0.05, 0) is 6.92 Å². The number of nitrogens with zero attached hydrogens (tertiary/aromatic N) is 2. The molecular weight excluding hydrogens is 204 g/mol. The molecule has 5 heteroatoms. The van der Waals surface area contributed by atoms with E-state index in [2.05, 4.69) is 4.98 Å². The van der Waals surface area contributed by atoms with Crippen molar-refractivity contribution in [2.45, 2.75) is 6.92 Å². The summed E-state index contributed by atoms with van der Waals surface area (Å²) in [5.41, 5.74) is 1.20. The topological polar surface area (TPSA) is 58.3 Å². The molecule has 0 amide bonds. The van der Waals surface area contributed by atoms with Crippen LogP contribution >= 0.6 is 11.6 Å². The van der Waals surface area contributed by atoms with Crippen LogP contribution in [0.1, 0.15) is 5.82 Å².